The van der Waals surface area contributed by atoms with Crippen molar-refractivity contribution >= 4 is 28.6 Å². The van der Waals surface area contributed by atoms with Crippen LogP contribution in [0.25, 0.3) is 11.0 Å². The van der Waals surface area contributed by atoms with E-state index < -0.39 is 11.7 Å². The van der Waals surface area contributed by atoms with Gasteiger partial charge in [-0.25, -0.2) is 4.39 Å². The van der Waals surface area contributed by atoms with E-state index in [1.165, 1.54) is 37.4 Å². The van der Waals surface area contributed by atoms with Gasteiger partial charge in [0.05, 0.1) is 12.7 Å². The maximum atomic E-state index is 13.9. The van der Waals surface area contributed by atoms with Crippen LogP contribution in [0.1, 0.15) is 47.1 Å². The monoisotopic (exact) mass is 553 g/mol. The normalized spacial score (nSPS) is 17.7. The number of halogens is 1. The van der Waals surface area contributed by atoms with E-state index in [1.54, 1.807) is 41.6 Å². The average Bonchev–Trinajstić information content (AvgIpc) is 3.30. The summed E-state index contributed by atoms with van der Waals surface area (Å²) in [6.07, 6.45) is 1.53. The number of pyridine rings is 1. The number of hydrogen-bond acceptors (Lipinski definition) is 7. The summed E-state index contributed by atoms with van der Waals surface area (Å²) >= 11 is 0. The molecule has 1 fully saturated rings. The van der Waals surface area contributed by atoms with Gasteiger partial charge in [0.25, 0.3) is 17.6 Å². The van der Waals surface area contributed by atoms with Crippen molar-refractivity contribution < 1.29 is 28.2 Å². The van der Waals surface area contributed by atoms with Crippen molar-refractivity contribution in [1.82, 2.24) is 24.3 Å². The molecule has 2 atom stereocenters. The van der Waals surface area contributed by atoms with Crippen molar-refractivity contribution in [2.45, 2.75) is 46.1 Å². The van der Waals surface area contributed by atoms with Gasteiger partial charge in [-0.1, -0.05) is 12.1 Å². The third kappa shape index (κ3) is 5.71. The van der Waals surface area contributed by atoms with Gasteiger partial charge in [-0.05, 0) is 44.5 Å². The quantitative estimate of drug-likeness (QED) is 0.297. The maximum Gasteiger partial charge on any atom is 0.294 e. The molecule has 1 aromatic carbocycles. The van der Waals surface area contributed by atoms with Gasteiger partial charge in [-0.15, -0.1) is 0 Å². The van der Waals surface area contributed by atoms with Gasteiger partial charge in [-0.2, -0.15) is 4.98 Å². The number of amides is 2. The summed E-state index contributed by atoms with van der Waals surface area (Å²) in [5.74, 6) is -1.77. The molecule has 0 saturated carbocycles. The molecule has 1 saturated heterocycles. The van der Waals surface area contributed by atoms with Crippen LogP contribution in [-0.4, -0.2) is 94.8 Å². The zero-order valence-electron chi connectivity index (χ0n) is 23.8. The van der Waals surface area contributed by atoms with Crippen LogP contribution in [0.2, 0.25) is 0 Å². The summed E-state index contributed by atoms with van der Waals surface area (Å²) in [5, 5.41) is 0.375. The van der Waals surface area contributed by atoms with Crippen LogP contribution in [0.4, 0.5) is 4.39 Å². The van der Waals surface area contributed by atoms with Crippen molar-refractivity contribution in [2.24, 2.45) is 0 Å². The molecule has 0 unspecified atom stereocenters. The van der Waals surface area contributed by atoms with E-state index in [0.29, 0.717) is 37.2 Å². The fraction of sp³-hybridized carbons (Fsp3) is 0.448. The van der Waals surface area contributed by atoms with Crippen LogP contribution < -0.4 is 4.74 Å². The van der Waals surface area contributed by atoms with E-state index in [0.717, 1.165) is 5.56 Å². The molecule has 40 heavy (non-hydrogen) atoms. The highest BCUT2D eigenvalue weighted by atomic mass is 19.1. The minimum absolute atomic E-state index is 0.0371. The molecule has 214 valence electrons. The Morgan fingerprint density at radius 1 is 1.07 bits per heavy atom. The largest absolute Gasteiger partial charge is 0.480 e. The summed E-state index contributed by atoms with van der Waals surface area (Å²) in [4.78, 5) is 49.8. The van der Waals surface area contributed by atoms with Crippen LogP contribution in [0.3, 0.4) is 0 Å². The zero-order chi connectivity index (χ0) is 29.1. The average molecular weight is 554 g/mol. The van der Waals surface area contributed by atoms with Gasteiger partial charge < -0.3 is 23.8 Å². The van der Waals surface area contributed by atoms with E-state index >= 15 is 0 Å². The lowest BCUT2D eigenvalue weighted by atomic mass is 10.0. The summed E-state index contributed by atoms with van der Waals surface area (Å²) in [7, 11) is 4.51. The standard InChI is InChI=1S/C29H36FN5O5/c1-7-32(4)29(38)25(36)24-16-34(17-39-5)26-22(24)12-23(27(31-26)40-6)28(37)35-14-18(2)33(13-19(35)3)15-20-8-10-21(30)11-9-20/h8-12,16,18-19H,7,13-15,17H2,1-6H3/t18-,19+/m0/s1. The van der Waals surface area contributed by atoms with E-state index in [-0.39, 0.29) is 47.5 Å². The SMILES string of the molecule is CCN(C)C(=O)C(=O)c1cn(COC)c2nc(OC)c(C(=O)N3C[C@H](C)N(Cc4ccc(F)cc4)C[C@H]3C)cc12. The number of benzene rings is 1. The van der Waals surface area contributed by atoms with Crippen molar-refractivity contribution in [2.75, 3.05) is 40.9 Å². The Kier molecular flexibility index (Phi) is 8.85. The van der Waals surface area contributed by atoms with Gasteiger partial charge in [-0.3, -0.25) is 19.3 Å². The molecule has 0 bridgehead atoms. The molecule has 2 amide bonds. The number of Topliss-reactive ketones (excluding diaryl/α,β-unsaturated/α-hetero) is 1. The Morgan fingerprint density at radius 2 is 1.77 bits per heavy atom. The number of rotatable bonds is 9. The van der Waals surface area contributed by atoms with Crippen LogP contribution in [-0.2, 0) is 22.8 Å². The van der Waals surface area contributed by atoms with E-state index in [9.17, 15) is 18.8 Å². The third-order valence-corrected chi connectivity index (χ3v) is 7.44. The molecule has 0 aliphatic carbocycles. The number of ether oxygens (including phenoxy) is 2. The molecule has 11 heteroatoms. The first-order chi connectivity index (χ1) is 19.1. The lowest BCUT2D eigenvalue weighted by molar-refractivity contribution is -0.125. The fourth-order valence-corrected chi connectivity index (χ4v) is 5.03. The van der Waals surface area contributed by atoms with Crippen molar-refractivity contribution in [3.63, 3.8) is 0 Å². The lowest BCUT2D eigenvalue weighted by Gasteiger charge is -2.44. The second-order valence-corrected chi connectivity index (χ2v) is 10.2. The highest BCUT2D eigenvalue weighted by Gasteiger charge is 2.35. The van der Waals surface area contributed by atoms with Crippen molar-refractivity contribution in [1.29, 1.82) is 0 Å². The molecule has 1 aliphatic heterocycles. The number of ketones is 1. The fourth-order valence-electron chi connectivity index (χ4n) is 5.03. The number of nitrogens with zero attached hydrogens (tertiary/aromatic N) is 5. The molecule has 0 spiro atoms. The second-order valence-electron chi connectivity index (χ2n) is 10.2. The second kappa shape index (κ2) is 12.1. The minimum atomic E-state index is -0.689. The summed E-state index contributed by atoms with van der Waals surface area (Å²) in [6.45, 7) is 7.99. The summed E-state index contributed by atoms with van der Waals surface area (Å²) < 4.78 is 25.8. The van der Waals surface area contributed by atoms with Gasteiger partial charge in [0.1, 0.15) is 23.8 Å². The van der Waals surface area contributed by atoms with E-state index in [4.69, 9.17) is 9.47 Å². The number of carbonyl (C=O) groups excluding carboxylic acids is 3. The number of aromatic nitrogens is 2. The molecule has 10 nitrogen and oxygen atoms in total. The summed E-state index contributed by atoms with van der Waals surface area (Å²) in [6, 6.07) is 7.93. The highest BCUT2D eigenvalue weighted by Crippen LogP contribution is 2.30. The summed E-state index contributed by atoms with van der Waals surface area (Å²) in [5.41, 5.74) is 1.72. The number of hydrogen-bond donors (Lipinski definition) is 0. The lowest BCUT2D eigenvalue weighted by Crippen LogP contribution is -2.57. The number of piperazine rings is 1. The van der Waals surface area contributed by atoms with Crippen molar-refractivity contribution in [3.05, 3.63) is 59.0 Å². The van der Waals surface area contributed by atoms with Crippen LogP contribution >= 0.6 is 0 Å². The first-order valence-electron chi connectivity index (χ1n) is 13.3. The van der Waals surface area contributed by atoms with Crippen LogP contribution in [0, 0.1) is 5.82 Å². The number of methoxy groups -OCH3 is 2. The van der Waals surface area contributed by atoms with Gasteiger partial charge in [0.15, 0.2) is 0 Å². The molecule has 3 heterocycles. The maximum absolute atomic E-state index is 13.9. The Bertz CT molecular complexity index is 1410. The molecular weight excluding hydrogens is 517 g/mol. The highest BCUT2D eigenvalue weighted by molar-refractivity contribution is 6.44. The molecule has 0 N–H and O–H groups in total. The number of carbonyl (C=O) groups is 3. The predicted octanol–water partition coefficient (Wildman–Crippen LogP) is 3.18. The first kappa shape index (κ1) is 29.2. The first-order valence-corrected chi connectivity index (χ1v) is 13.3. The van der Waals surface area contributed by atoms with Gasteiger partial charge >= 0.3 is 0 Å². The van der Waals surface area contributed by atoms with Crippen molar-refractivity contribution in [3.8, 4) is 5.88 Å². The van der Waals surface area contributed by atoms with E-state index in [1.807, 2.05) is 13.8 Å². The Balaban J connectivity index is 1.67. The Morgan fingerprint density at radius 3 is 2.40 bits per heavy atom. The Hall–Kier alpha value is -3.83. The minimum Gasteiger partial charge on any atom is -0.480 e. The molecule has 3 aromatic rings. The van der Waals surface area contributed by atoms with Gasteiger partial charge in [0.2, 0.25) is 5.88 Å². The topological polar surface area (TPSA) is 97.2 Å². The number of fused-ring (bicyclic) bond motifs is 1. The van der Waals surface area contributed by atoms with E-state index in [2.05, 4.69) is 9.88 Å². The molecule has 2 aromatic heterocycles. The van der Waals surface area contributed by atoms with Gasteiger partial charge in [0, 0.05) is 64.0 Å². The van der Waals surface area contributed by atoms with Crippen LogP contribution in [0.5, 0.6) is 5.88 Å². The molecular formula is C29H36FN5O5. The number of likely N-dealkylation sites (N-methyl/N-ethyl adjacent to an activating group) is 1. The predicted molar refractivity (Wildman–Crippen MR) is 148 cm³/mol. The zero-order valence-corrected chi connectivity index (χ0v) is 23.8. The molecule has 0 radical (unpaired) electrons. The van der Waals surface area contributed by atoms with Crippen LogP contribution in [0.15, 0.2) is 36.5 Å². The molecule has 4 rings (SSSR count). The molecule has 1 aliphatic rings. The third-order valence-electron chi connectivity index (χ3n) is 7.44. The smallest absolute Gasteiger partial charge is 0.294 e. The Labute approximate surface area is 233 Å².